The van der Waals surface area contributed by atoms with Crippen LogP contribution in [0, 0.1) is 0 Å². The summed E-state index contributed by atoms with van der Waals surface area (Å²) in [5.41, 5.74) is 1.02. The number of likely N-dealkylation sites (tertiary alicyclic amines) is 1. The minimum Gasteiger partial charge on any atom is -0.487 e. The van der Waals surface area contributed by atoms with Gasteiger partial charge in [0, 0.05) is 24.1 Å². The lowest BCUT2D eigenvalue weighted by atomic mass is 9.88. The molecule has 0 aliphatic carbocycles. The van der Waals surface area contributed by atoms with Crippen molar-refractivity contribution >= 4 is 0 Å². The molecule has 128 valence electrons. The summed E-state index contributed by atoms with van der Waals surface area (Å²) >= 11 is 0. The molecule has 1 N–H and O–H groups in total. The maximum atomic E-state index is 12.5. The van der Waals surface area contributed by atoms with E-state index in [0.29, 0.717) is 6.04 Å². The third-order valence-corrected chi connectivity index (χ3v) is 4.80. The van der Waals surface area contributed by atoms with Gasteiger partial charge in [-0.25, -0.2) is 8.78 Å². The molecule has 3 nitrogen and oxygen atoms in total. The topological polar surface area (TPSA) is 24.5 Å². The van der Waals surface area contributed by atoms with Crippen LogP contribution in [0.15, 0.2) is 24.3 Å². The van der Waals surface area contributed by atoms with Crippen molar-refractivity contribution in [1.29, 1.82) is 0 Å². The Balaban J connectivity index is 1.62. The maximum Gasteiger partial charge on any atom is 0.251 e. The molecule has 2 aliphatic rings. The summed E-state index contributed by atoms with van der Waals surface area (Å²) in [4.78, 5) is 1.87. The smallest absolute Gasteiger partial charge is 0.251 e. The lowest BCUT2D eigenvalue weighted by molar-refractivity contribution is 0.0535. The number of alkyl halides is 2. The van der Waals surface area contributed by atoms with E-state index >= 15 is 0 Å². The van der Waals surface area contributed by atoms with Crippen LogP contribution in [0.2, 0.25) is 0 Å². The van der Waals surface area contributed by atoms with Gasteiger partial charge in [-0.1, -0.05) is 18.2 Å². The highest BCUT2D eigenvalue weighted by molar-refractivity contribution is 5.38. The summed E-state index contributed by atoms with van der Waals surface area (Å²) in [6, 6.07) is 8.84. The molecule has 5 heteroatoms. The molecule has 1 atom stereocenters. The lowest BCUT2D eigenvalue weighted by Crippen LogP contribution is -2.47. The van der Waals surface area contributed by atoms with E-state index in [1.807, 2.05) is 23.1 Å². The van der Waals surface area contributed by atoms with Crippen molar-refractivity contribution in [3.8, 4) is 5.75 Å². The second kappa shape index (κ2) is 6.73. The van der Waals surface area contributed by atoms with Gasteiger partial charge in [-0.3, -0.25) is 4.90 Å². The Labute approximate surface area is 137 Å². The average molecular weight is 324 g/mol. The number of piperidine rings is 1. The number of ether oxygens (including phenoxy) is 1. The lowest BCUT2D eigenvalue weighted by Gasteiger charge is -2.41. The minimum atomic E-state index is -2.23. The molecule has 0 spiro atoms. The molecular weight excluding hydrogens is 298 g/mol. The maximum absolute atomic E-state index is 12.5. The van der Waals surface area contributed by atoms with Gasteiger partial charge in [0.2, 0.25) is 0 Å². The molecule has 2 aliphatic heterocycles. The Morgan fingerprint density at radius 3 is 2.65 bits per heavy atom. The molecule has 1 unspecified atom stereocenters. The Morgan fingerprint density at radius 2 is 1.96 bits per heavy atom. The number of rotatable bonds is 4. The summed E-state index contributed by atoms with van der Waals surface area (Å²) in [7, 11) is 0. The quantitative estimate of drug-likeness (QED) is 0.916. The SMILES string of the molecule is CC1(C)CC(NC2CCN(CC(F)F)CC2)c2ccccc2O1. The van der Waals surface area contributed by atoms with Crippen molar-refractivity contribution in [2.75, 3.05) is 19.6 Å². The highest BCUT2D eigenvalue weighted by Gasteiger charge is 2.35. The average Bonchev–Trinajstić information content (AvgIpc) is 2.47. The number of nitrogens with zero attached hydrogens (tertiary/aromatic N) is 1. The molecule has 1 aromatic carbocycles. The number of hydrogen-bond donors (Lipinski definition) is 1. The van der Waals surface area contributed by atoms with E-state index in [-0.39, 0.29) is 18.2 Å². The second-order valence-corrected chi connectivity index (χ2v) is 7.29. The van der Waals surface area contributed by atoms with Crippen LogP contribution in [0.4, 0.5) is 8.78 Å². The molecule has 1 fully saturated rings. The van der Waals surface area contributed by atoms with Gasteiger partial charge < -0.3 is 10.1 Å². The molecule has 0 amide bonds. The number of fused-ring (bicyclic) bond motifs is 1. The van der Waals surface area contributed by atoms with Crippen LogP contribution in [0.5, 0.6) is 5.75 Å². The van der Waals surface area contributed by atoms with Gasteiger partial charge in [-0.05, 0) is 45.8 Å². The zero-order valence-electron chi connectivity index (χ0n) is 13.9. The van der Waals surface area contributed by atoms with Gasteiger partial charge in [0.25, 0.3) is 6.43 Å². The predicted molar refractivity (Wildman–Crippen MR) is 87.1 cm³/mol. The summed E-state index contributed by atoms with van der Waals surface area (Å²) < 4.78 is 31.0. The van der Waals surface area contributed by atoms with Crippen molar-refractivity contribution in [2.24, 2.45) is 0 Å². The van der Waals surface area contributed by atoms with E-state index in [1.165, 1.54) is 5.56 Å². The highest BCUT2D eigenvalue weighted by Crippen LogP contribution is 2.39. The number of hydrogen-bond acceptors (Lipinski definition) is 3. The third kappa shape index (κ3) is 4.21. The molecule has 1 aromatic rings. The van der Waals surface area contributed by atoms with Crippen molar-refractivity contribution in [1.82, 2.24) is 10.2 Å². The largest absolute Gasteiger partial charge is 0.487 e. The van der Waals surface area contributed by atoms with Crippen molar-refractivity contribution in [3.63, 3.8) is 0 Å². The van der Waals surface area contributed by atoms with Crippen LogP contribution in [-0.4, -0.2) is 42.6 Å². The Kier molecular flexibility index (Phi) is 4.87. The first-order chi connectivity index (χ1) is 10.9. The standard InChI is InChI=1S/C18H26F2N2O/c1-18(2)11-15(14-5-3-4-6-16(14)23-18)21-13-7-9-22(10-8-13)12-17(19)20/h3-6,13,15,17,21H,7-12H2,1-2H3. The minimum absolute atomic E-state index is 0.0974. The van der Waals surface area contributed by atoms with Crippen LogP contribution < -0.4 is 10.1 Å². The molecule has 3 rings (SSSR count). The molecule has 2 heterocycles. The Morgan fingerprint density at radius 1 is 1.26 bits per heavy atom. The number of benzene rings is 1. The fourth-order valence-electron chi connectivity index (χ4n) is 3.71. The number of halogens is 2. The highest BCUT2D eigenvalue weighted by atomic mass is 19.3. The molecule has 23 heavy (non-hydrogen) atoms. The van der Waals surface area contributed by atoms with E-state index in [4.69, 9.17) is 4.74 Å². The zero-order chi connectivity index (χ0) is 16.4. The van der Waals surface area contributed by atoms with E-state index in [1.54, 1.807) is 0 Å². The Hall–Kier alpha value is -1.20. The van der Waals surface area contributed by atoms with Crippen LogP contribution in [0.3, 0.4) is 0 Å². The first-order valence-corrected chi connectivity index (χ1v) is 8.47. The third-order valence-electron chi connectivity index (χ3n) is 4.80. The van der Waals surface area contributed by atoms with Crippen molar-refractivity contribution < 1.29 is 13.5 Å². The number of nitrogens with one attached hydrogen (secondary N) is 1. The van der Waals surface area contributed by atoms with Crippen LogP contribution in [0.1, 0.15) is 44.7 Å². The van der Waals surface area contributed by atoms with E-state index < -0.39 is 6.43 Å². The van der Waals surface area contributed by atoms with Gasteiger partial charge in [-0.15, -0.1) is 0 Å². The van der Waals surface area contributed by atoms with Crippen LogP contribution in [-0.2, 0) is 0 Å². The van der Waals surface area contributed by atoms with Gasteiger partial charge in [0.1, 0.15) is 11.4 Å². The monoisotopic (exact) mass is 324 g/mol. The molecule has 0 bridgehead atoms. The molecule has 0 radical (unpaired) electrons. The summed E-state index contributed by atoms with van der Waals surface area (Å²) in [5.74, 6) is 0.955. The van der Waals surface area contributed by atoms with E-state index in [2.05, 4.69) is 25.2 Å². The first kappa shape index (κ1) is 16.7. The predicted octanol–water partition coefficient (Wildman–Crippen LogP) is 3.61. The zero-order valence-corrected chi connectivity index (χ0v) is 13.9. The van der Waals surface area contributed by atoms with E-state index in [0.717, 1.165) is 38.1 Å². The fraction of sp³-hybridized carbons (Fsp3) is 0.667. The van der Waals surface area contributed by atoms with Gasteiger partial charge in [0.15, 0.2) is 0 Å². The van der Waals surface area contributed by atoms with Crippen LogP contribution in [0.25, 0.3) is 0 Å². The fourth-order valence-corrected chi connectivity index (χ4v) is 3.71. The van der Waals surface area contributed by atoms with Gasteiger partial charge in [0.05, 0.1) is 6.54 Å². The summed E-state index contributed by atoms with van der Waals surface area (Å²) in [6.45, 7) is 5.62. The second-order valence-electron chi connectivity index (χ2n) is 7.29. The van der Waals surface area contributed by atoms with Crippen molar-refractivity contribution in [3.05, 3.63) is 29.8 Å². The molecular formula is C18H26F2N2O. The van der Waals surface area contributed by atoms with Gasteiger partial charge in [-0.2, -0.15) is 0 Å². The summed E-state index contributed by atoms with van der Waals surface area (Å²) in [5, 5.41) is 3.75. The van der Waals surface area contributed by atoms with Crippen molar-refractivity contribution in [2.45, 2.75) is 57.2 Å². The summed E-state index contributed by atoms with van der Waals surface area (Å²) in [6.07, 6.45) is 0.531. The van der Waals surface area contributed by atoms with Crippen LogP contribution >= 0.6 is 0 Å². The molecule has 0 aromatic heterocycles. The molecule has 0 saturated carbocycles. The van der Waals surface area contributed by atoms with E-state index in [9.17, 15) is 8.78 Å². The normalized spacial score (nSPS) is 25.2. The Bertz CT molecular complexity index is 528. The first-order valence-electron chi connectivity index (χ1n) is 8.47. The number of para-hydroxylation sites is 1. The molecule has 1 saturated heterocycles. The van der Waals surface area contributed by atoms with Gasteiger partial charge >= 0.3 is 0 Å².